The normalized spacial score (nSPS) is 10.4. The second-order valence-electron chi connectivity index (χ2n) is 6.36. The number of methoxy groups -OCH3 is 2. The first kappa shape index (κ1) is 21.1. The van der Waals surface area contributed by atoms with Crippen molar-refractivity contribution in [3.8, 4) is 17.2 Å². The molecule has 0 fully saturated rings. The summed E-state index contributed by atoms with van der Waals surface area (Å²) in [6.45, 7) is 5.07. The van der Waals surface area contributed by atoms with E-state index in [1.807, 2.05) is 19.9 Å². The summed E-state index contributed by atoms with van der Waals surface area (Å²) in [6, 6.07) is 12.2. The Balaban J connectivity index is 2.19. The fourth-order valence-electron chi connectivity index (χ4n) is 2.64. The van der Waals surface area contributed by atoms with Crippen LogP contribution in [0.15, 0.2) is 42.5 Å². The molecule has 0 atom stereocenters. The molecule has 0 aliphatic rings. The average Bonchev–Trinajstić information content (AvgIpc) is 2.66. The SMILES string of the molecule is COc1ccc(N(CC(=O)Nc2ccccc2OC(C)C)C(C)=O)cc1OC. The van der Waals surface area contributed by atoms with E-state index in [2.05, 4.69) is 5.32 Å². The van der Waals surface area contributed by atoms with Crippen LogP contribution in [0.25, 0.3) is 0 Å². The van der Waals surface area contributed by atoms with Crippen LogP contribution in [0.1, 0.15) is 20.8 Å². The maximum Gasteiger partial charge on any atom is 0.244 e. The van der Waals surface area contributed by atoms with E-state index < -0.39 is 0 Å². The molecular formula is C21H26N2O5. The first-order valence-electron chi connectivity index (χ1n) is 8.91. The van der Waals surface area contributed by atoms with E-state index in [0.29, 0.717) is 28.6 Å². The van der Waals surface area contributed by atoms with Crippen LogP contribution in [-0.4, -0.2) is 38.7 Å². The lowest BCUT2D eigenvalue weighted by molar-refractivity contribution is -0.120. The second-order valence-corrected chi connectivity index (χ2v) is 6.36. The Bertz CT molecular complexity index is 835. The number of nitrogens with zero attached hydrogens (tertiary/aromatic N) is 1. The van der Waals surface area contributed by atoms with Crippen LogP contribution < -0.4 is 24.4 Å². The summed E-state index contributed by atoms with van der Waals surface area (Å²) >= 11 is 0. The van der Waals surface area contributed by atoms with Gasteiger partial charge in [0.05, 0.1) is 26.0 Å². The van der Waals surface area contributed by atoms with Gasteiger partial charge in [0, 0.05) is 18.7 Å². The van der Waals surface area contributed by atoms with E-state index >= 15 is 0 Å². The molecule has 2 aromatic rings. The first-order valence-corrected chi connectivity index (χ1v) is 8.91. The fourth-order valence-corrected chi connectivity index (χ4v) is 2.64. The number of nitrogens with one attached hydrogen (secondary N) is 1. The van der Waals surface area contributed by atoms with E-state index in [-0.39, 0.29) is 24.5 Å². The summed E-state index contributed by atoms with van der Waals surface area (Å²) in [7, 11) is 3.04. The molecule has 2 rings (SSSR count). The monoisotopic (exact) mass is 386 g/mol. The fraction of sp³-hybridized carbons (Fsp3) is 0.333. The van der Waals surface area contributed by atoms with E-state index in [9.17, 15) is 9.59 Å². The Morgan fingerprint density at radius 3 is 2.29 bits per heavy atom. The molecule has 150 valence electrons. The first-order chi connectivity index (χ1) is 13.3. The van der Waals surface area contributed by atoms with Crippen LogP contribution in [-0.2, 0) is 9.59 Å². The molecule has 1 N–H and O–H groups in total. The minimum absolute atomic E-state index is 0.0291. The minimum Gasteiger partial charge on any atom is -0.493 e. The quantitative estimate of drug-likeness (QED) is 0.752. The molecule has 0 aliphatic heterocycles. The third kappa shape index (κ3) is 5.39. The molecule has 7 nitrogen and oxygen atoms in total. The summed E-state index contributed by atoms with van der Waals surface area (Å²) in [5.41, 5.74) is 1.09. The Labute approximate surface area is 165 Å². The lowest BCUT2D eigenvalue weighted by Gasteiger charge is -2.22. The maximum absolute atomic E-state index is 12.6. The maximum atomic E-state index is 12.6. The highest BCUT2D eigenvalue weighted by atomic mass is 16.5. The summed E-state index contributed by atoms with van der Waals surface area (Å²) in [4.78, 5) is 26.1. The van der Waals surface area contributed by atoms with Gasteiger partial charge in [-0.15, -0.1) is 0 Å². The Kier molecular flexibility index (Phi) is 7.26. The predicted molar refractivity (Wildman–Crippen MR) is 108 cm³/mol. The largest absolute Gasteiger partial charge is 0.493 e. The van der Waals surface area contributed by atoms with Crippen molar-refractivity contribution in [1.82, 2.24) is 0 Å². The van der Waals surface area contributed by atoms with Crippen molar-refractivity contribution in [2.75, 3.05) is 31.0 Å². The van der Waals surface area contributed by atoms with Crippen molar-refractivity contribution < 1.29 is 23.8 Å². The highest BCUT2D eigenvalue weighted by Gasteiger charge is 2.19. The summed E-state index contributed by atoms with van der Waals surface area (Å²) in [6.07, 6.45) is -0.0291. The van der Waals surface area contributed by atoms with Gasteiger partial charge in [0.2, 0.25) is 11.8 Å². The molecule has 0 aliphatic carbocycles. The van der Waals surface area contributed by atoms with Crippen molar-refractivity contribution in [3.63, 3.8) is 0 Å². The number of carbonyl (C=O) groups is 2. The number of ether oxygens (including phenoxy) is 3. The zero-order chi connectivity index (χ0) is 20.7. The minimum atomic E-state index is -0.343. The number of para-hydroxylation sites is 2. The van der Waals surface area contributed by atoms with Crippen LogP contribution in [0.4, 0.5) is 11.4 Å². The summed E-state index contributed by atoms with van der Waals surface area (Å²) in [5, 5.41) is 2.81. The van der Waals surface area contributed by atoms with Gasteiger partial charge in [0.25, 0.3) is 0 Å². The number of hydrogen-bond donors (Lipinski definition) is 1. The lowest BCUT2D eigenvalue weighted by atomic mass is 10.2. The topological polar surface area (TPSA) is 77.1 Å². The van der Waals surface area contributed by atoms with Crippen LogP contribution in [0.2, 0.25) is 0 Å². The molecule has 0 bridgehead atoms. The van der Waals surface area contributed by atoms with Gasteiger partial charge in [-0.05, 0) is 38.1 Å². The van der Waals surface area contributed by atoms with Gasteiger partial charge in [0.15, 0.2) is 11.5 Å². The Morgan fingerprint density at radius 2 is 1.68 bits per heavy atom. The molecular weight excluding hydrogens is 360 g/mol. The lowest BCUT2D eigenvalue weighted by Crippen LogP contribution is -2.36. The van der Waals surface area contributed by atoms with Gasteiger partial charge in [-0.2, -0.15) is 0 Å². The molecule has 2 amide bonds. The standard InChI is InChI=1S/C21H26N2O5/c1-14(2)28-18-9-7-6-8-17(18)22-21(25)13-23(15(3)24)16-10-11-19(26-4)20(12-16)27-5/h6-12,14H,13H2,1-5H3,(H,22,25). The second kappa shape index (κ2) is 9.64. The van der Waals surface area contributed by atoms with E-state index in [1.54, 1.807) is 36.4 Å². The highest BCUT2D eigenvalue weighted by molar-refractivity contribution is 6.02. The van der Waals surface area contributed by atoms with Crippen molar-refractivity contribution in [2.24, 2.45) is 0 Å². The molecule has 28 heavy (non-hydrogen) atoms. The van der Waals surface area contributed by atoms with Crippen molar-refractivity contribution in [1.29, 1.82) is 0 Å². The smallest absolute Gasteiger partial charge is 0.244 e. The number of benzene rings is 2. The van der Waals surface area contributed by atoms with Crippen molar-refractivity contribution in [3.05, 3.63) is 42.5 Å². The number of carbonyl (C=O) groups excluding carboxylic acids is 2. The Hall–Kier alpha value is -3.22. The summed E-state index contributed by atoms with van der Waals surface area (Å²) in [5.74, 6) is 0.978. The zero-order valence-electron chi connectivity index (χ0n) is 16.8. The number of rotatable bonds is 8. The molecule has 0 saturated heterocycles. The van der Waals surface area contributed by atoms with Crippen LogP contribution in [0.5, 0.6) is 17.2 Å². The van der Waals surface area contributed by atoms with Crippen LogP contribution in [0.3, 0.4) is 0 Å². The van der Waals surface area contributed by atoms with Gasteiger partial charge in [-0.1, -0.05) is 12.1 Å². The van der Waals surface area contributed by atoms with Crippen LogP contribution >= 0.6 is 0 Å². The zero-order valence-corrected chi connectivity index (χ0v) is 16.8. The molecule has 0 unspecified atom stereocenters. The third-order valence-corrected chi connectivity index (χ3v) is 3.88. The van der Waals surface area contributed by atoms with Gasteiger partial charge in [-0.3, -0.25) is 9.59 Å². The van der Waals surface area contributed by atoms with E-state index in [1.165, 1.54) is 26.0 Å². The summed E-state index contributed by atoms with van der Waals surface area (Å²) < 4.78 is 16.2. The number of anilines is 2. The van der Waals surface area contributed by atoms with Gasteiger partial charge >= 0.3 is 0 Å². The van der Waals surface area contributed by atoms with Gasteiger partial charge < -0.3 is 24.4 Å². The van der Waals surface area contributed by atoms with Crippen LogP contribution in [0, 0.1) is 0 Å². The average molecular weight is 386 g/mol. The van der Waals surface area contributed by atoms with Gasteiger partial charge in [0.1, 0.15) is 12.3 Å². The van der Waals surface area contributed by atoms with Gasteiger partial charge in [-0.25, -0.2) is 0 Å². The molecule has 2 aromatic carbocycles. The number of amides is 2. The van der Waals surface area contributed by atoms with Crippen molar-refractivity contribution >= 4 is 23.2 Å². The van der Waals surface area contributed by atoms with E-state index in [4.69, 9.17) is 14.2 Å². The molecule has 0 spiro atoms. The molecule has 0 radical (unpaired) electrons. The predicted octanol–water partition coefficient (Wildman–Crippen LogP) is 3.48. The Morgan fingerprint density at radius 1 is 1.00 bits per heavy atom. The molecule has 0 heterocycles. The molecule has 0 saturated carbocycles. The third-order valence-electron chi connectivity index (χ3n) is 3.88. The molecule has 7 heteroatoms. The highest BCUT2D eigenvalue weighted by Crippen LogP contribution is 2.31. The molecule has 0 aromatic heterocycles. The van der Waals surface area contributed by atoms with E-state index in [0.717, 1.165) is 0 Å². The van der Waals surface area contributed by atoms with Crippen molar-refractivity contribution in [2.45, 2.75) is 26.9 Å². The number of hydrogen-bond acceptors (Lipinski definition) is 5.